The Morgan fingerprint density at radius 3 is 2.50 bits per heavy atom. The summed E-state index contributed by atoms with van der Waals surface area (Å²) in [6, 6.07) is 10.1. The molecular weight excluding hydrogens is 448 g/mol. The first-order valence-corrected chi connectivity index (χ1v) is 9.60. The van der Waals surface area contributed by atoms with Crippen LogP contribution in [0.4, 0.5) is 0 Å². The van der Waals surface area contributed by atoms with Crippen LogP contribution in [0.15, 0.2) is 40.9 Å². The number of rotatable bonds is 6. The molecule has 1 heterocycles. The highest BCUT2D eigenvalue weighted by atomic mass is 79.9. The number of carbonyl (C=O) groups is 2. The van der Waals surface area contributed by atoms with Gasteiger partial charge >= 0.3 is 5.97 Å². The maximum Gasteiger partial charge on any atom is 0.307 e. The van der Waals surface area contributed by atoms with E-state index in [1.165, 1.54) is 7.11 Å². The van der Waals surface area contributed by atoms with E-state index in [2.05, 4.69) is 21.2 Å². The fourth-order valence-electron chi connectivity index (χ4n) is 3.22. The van der Waals surface area contributed by atoms with Crippen molar-refractivity contribution >= 4 is 50.3 Å². The molecule has 3 aromatic rings. The van der Waals surface area contributed by atoms with Crippen LogP contribution in [0.25, 0.3) is 10.9 Å². The summed E-state index contributed by atoms with van der Waals surface area (Å²) in [5, 5.41) is 13.6. The Bertz CT molecular complexity index is 1060. The van der Waals surface area contributed by atoms with Crippen molar-refractivity contribution in [3.63, 3.8) is 0 Å². The number of benzene rings is 2. The monoisotopic (exact) mass is 464 g/mol. The van der Waals surface area contributed by atoms with E-state index in [-0.39, 0.29) is 12.3 Å². The largest absolute Gasteiger partial charge is 0.496 e. The van der Waals surface area contributed by atoms with Crippen molar-refractivity contribution in [1.82, 2.24) is 9.88 Å². The van der Waals surface area contributed by atoms with Gasteiger partial charge in [0.2, 0.25) is 0 Å². The van der Waals surface area contributed by atoms with Gasteiger partial charge < -0.3 is 15.2 Å². The molecular formula is C20H18BrClN2O4. The van der Waals surface area contributed by atoms with Gasteiger partial charge in [0.05, 0.1) is 23.5 Å². The number of carbonyl (C=O) groups excluding carboxylic acids is 1. The Hall–Kier alpha value is -2.35. The molecule has 0 aliphatic rings. The highest BCUT2D eigenvalue weighted by Crippen LogP contribution is 2.36. The molecule has 0 amide bonds. The van der Waals surface area contributed by atoms with Gasteiger partial charge in [-0.3, -0.25) is 14.2 Å². The molecule has 0 saturated heterocycles. The van der Waals surface area contributed by atoms with Gasteiger partial charge in [0, 0.05) is 28.2 Å². The van der Waals surface area contributed by atoms with Crippen molar-refractivity contribution < 1.29 is 19.4 Å². The molecule has 0 aliphatic carbocycles. The predicted molar refractivity (Wildman–Crippen MR) is 111 cm³/mol. The Morgan fingerprint density at radius 2 is 1.93 bits per heavy atom. The standard InChI is InChI=1S/C20H18BrClN2O4/c1-23-10-17-14(8-19(25)26)13-7-18(28-2)15(21)9-16(13)24(17)20(27)11-3-5-12(22)6-4-11/h3-7,9,23H,8,10H2,1-2H3,(H,25,26). The number of fused-ring (bicyclic) bond motifs is 1. The second-order valence-electron chi connectivity index (χ2n) is 6.18. The topological polar surface area (TPSA) is 80.6 Å². The molecule has 2 aromatic carbocycles. The van der Waals surface area contributed by atoms with Crippen molar-refractivity contribution in [3.05, 3.63) is 62.7 Å². The molecule has 0 aliphatic heterocycles. The smallest absolute Gasteiger partial charge is 0.307 e. The van der Waals surface area contributed by atoms with Crippen LogP contribution in [0.5, 0.6) is 5.75 Å². The zero-order valence-electron chi connectivity index (χ0n) is 15.3. The number of aromatic nitrogens is 1. The molecule has 2 N–H and O–H groups in total. The maximum absolute atomic E-state index is 13.3. The number of carboxylic acid groups (broad SMARTS) is 1. The molecule has 0 radical (unpaired) electrons. The Balaban J connectivity index is 2.34. The average molecular weight is 466 g/mol. The highest BCUT2D eigenvalue weighted by molar-refractivity contribution is 9.10. The van der Waals surface area contributed by atoms with E-state index in [1.54, 1.807) is 48.0 Å². The molecule has 0 saturated carbocycles. The second-order valence-corrected chi connectivity index (χ2v) is 7.47. The SMILES string of the molecule is CNCc1c(CC(=O)O)c2cc(OC)c(Br)cc2n1C(=O)c1ccc(Cl)cc1. The summed E-state index contributed by atoms with van der Waals surface area (Å²) in [5.41, 5.74) is 2.23. The van der Waals surface area contributed by atoms with Gasteiger partial charge in [0.15, 0.2) is 0 Å². The van der Waals surface area contributed by atoms with Crippen LogP contribution in [-0.2, 0) is 17.8 Å². The highest BCUT2D eigenvalue weighted by Gasteiger charge is 2.24. The molecule has 0 atom stereocenters. The van der Waals surface area contributed by atoms with Crippen LogP contribution in [0.1, 0.15) is 21.6 Å². The summed E-state index contributed by atoms with van der Waals surface area (Å²) >= 11 is 9.39. The molecule has 0 fully saturated rings. The Kier molecular flexibility index (Phi) is 6.07. The summed E-state index contributed by atoms with van der Waals surface area (Å²) < 4.78 is 7.58. The third kappa shape index (κ3) is 3.78. The zero-order chi connectivity index (χ0) is 20.4. The molecule has 0 spiro atoms. The number of ether oxygens (including phenoxy) is 1. The minimum Gasteiger partial charge on any atom is -0.496 e. The van der Waals surface area contributed by atoms with Crippen LogP contribution >= 0.6 is 27.5 Å². The molecule has 0 bridgehead atoms. The van der Waals surface area contributed by atoms with Gasteiger partial charge in [0.25, 0.3) is 5.91 Å². The summed E-state index contributed by atoms with van der Waals surface area (Å²) in [7, 11) is 3.28. The van der Waals surface area contributed by atoms with Crippen LogP contribution in [0.3, 0.4) is 0 Å². The number of carboxylic acids is 1. The van der Waals surface area contributed by atoms with E-state index in [4.69, 9.17) is 16.3 Å². The first-order valence-electron chi connectivity index (χ1n) is 8.43. The summed E-state index contributed by atoms with van der Waals surface area (Å²) in [4.78, 5) is 24.8. The fraction of sp³-hybridized carbons (Fsp3) is 0.200. The molecule has 8 heteroatoms. The van der Waals surface area contributed by atoms with E-state index >= 15 is 0 Å². The van der Waals surface area contributed by atoms with Crippen molar-refractivity contribution in [1.29, 1.82) is 0 Å². The number of hydrogen-bond acceptors (Lipinski definition) is 4. The van der Waals surface area contributed by atoms with Gasteiger partial charge in [-0.2, -0.15) is 0 Å². The number of methoxy groups -OCH3 is 1. The van der Waals surface area contributed by atoms with E-state index in [0.29, 0.717) is 49.5 Å². The lowest BCUT2D eigenvalue weighted by molar-refractivity contribution is -0.136. The number of nitrogens with one attached hydrogen (secondary N) is 1. The molecule has 146 valence electrons. The van der Waals surface area contributed by atoms with Gasteiger partial charge in [-0.05, 0) is 64.9 Å². The van der Waals surface area contributed by atoms with E-state index < -0.39 is 5.97 Å². The third-order valence-electron chi connectivity index (χ3n) is 4.42. The second kappa shape index (κ2) is 8.34. The lowest BCUT2D eigenvalue weighted by Crippen LogP contribution is -2.20. The van der Waals surface area contributed by atoms with Crippen LogP contribution in [0.2, 0.25) is 5.02 Å². The molecule has 6 nitrogen and oxygen atoms in total. The summed E-state index contributed by atoms with van der Waals surface area (Å²) in [6.07, 6.45) is -0.209. The Labute approximate surface area is 175 Å². The maximum atomic E-state index is 13.3. The number of aliphatic carboxylic acids is 1. The molecule has 1 aromatic heterocycles. The van der Waals surface area contributed by atoms with Gasteiger partial charge in [-0.25, -0.2) is 0 Å². The minimum absolute atomic E-state index is 0.209. The lowest BCUT2D eigenvalue weighted by atomic mass is 10.1. The molecule has 28 heavy (non-hydrogen) atoms. The van der Waals surface area contributed by atoms with Crippen molar-refractivity contribution in [2.24, 2.45) is 0 Å². The molecule has 3 rings (SSSR count). The van der Waals surface area contributed by atoms with Gasteiger partial charge in [-0.1, -0.05) is 11.6 Å². The predicted octanol–water partition coefficient (Wildman–Crippen LogP) is 4.10. The van der Waals surface area contributed by atoms with Crippen molar-refractivity contribution in [2.75, 3.05) is 14.2 Å². The van der Waals surface area contributed by atoms with E-state index in [1.807, 2.05) is 0 Å². The fourth-order valence-corrected chi connectivity index (χ4v) is 3.84. The third-order valence-corrected chi connectivity index (χ3v) is 5.29. The first-order chi connectivity index (χ1) is 13.4. The zero-order valence-corrected chi connectivity index (χ0v) is 17.6. The average Bonchev–Trinajstić information content (AvgIpc) is 2.93. The van der Waals surface area contributed by atoms with Crippen molar-refractivity contribution in [3.8, 4) is 5.75 Å². The first kappa shape index (κ1) is 20.4. The van der Waals surface area contributed by atoms with E-state index in [0.717, 1.165) is 0 Å². The number of halogens is 2. The normalized spacial score (nSPS) is 11.0. The van der Waals surface area contributed by atoms with Gasteiger partial charge in [0.1, 0.15) is 5.75 Å². The number of hydrogen-bond donors (Lipinski definition) is 2. The minimum atomic E-state index is -0.975. The summed E-state index contributed by atoms with van der Waals surface area (Å²) in [6.45, 7) is 0.330. The van der Waals surface area contributed by atoms with Crippen molar-refractivity contribution in [2.45, 2.75) is 13.0 Å². The van der Waals surface area contributed by atoms with Crippen LogP contribution < -0.4 is 10.1 Å². The lowest BCUT2D eigenvalue weighted by Gasteiger charge is -2.11. The summed E-state index contributed by atoms with van der Waals surface area (Å²) in [5.74, 6) is -0.677. The van der Waals surface area contributed by atoms with Crippen LogP contribution in [0, 0.1) is 0 Å². The van der Waals surface area contributed by atoms with Crippen LogP contribution in [-0.4, -0.2) is 35.7 Å². The quantitative estimate of drug-likeness (QED) is 0.573. The number of nitrogens with zero attached hydrogens (tertiary/aromatic N) is 1. The van der Waals surface area contributed by atoms with Gasteiger partial charge in [-0.15, -0.1) is 0 Å². The molecule has 0 unspecified atom stereocenters. The van der Waals surface area contributed by atoms with E-state index in [9.17, 15) is 14.7 Å². The Morgan fingerprint density at radius 1 is 1.25 bits per heavy atom.